The summed E-state index contributed by atoms with van der Waals surface area (Å²) in [6.07, 6.45) is 7.61. The van der Waals surface area contributed by atoms with Gasteiger partial charge in [0.05, 0.1) is 0 Å². The molecule has 1 aromatic carbocycles. The molecule has 2 rings (SSSR count). The van der Waals surface area contributed by atoms with Gasteiger partial charge < -0.3 is 5.32 Å². The molecule has 0 saturated carbocycles. The van der Waals surface area contributed by atoms with Gasteiger partial charge in [0.25, 0.3) is 0 Å². The van der Waals surface area contributed by atoms with Crippen LogP contribution in [0.5, 0.6) is 0 Å². The van der Waals surface area contributed by atoms with Gasteiger partial charge in [0.15, 0.2) is 0 Å². The van der Waals surface area contributed by atoms with Crippen molar-refractivity contribution in [3.05, 3.63) is 54.1 Å². The van der Waals surface area contributed by atoms with Crippen molar-refractivity contribution in [1.82, 2.24) is 5.32 Å². The van der Waals surface area contributed by atoms with E-state index in [4.69, 9.17) is 0 Å². The van der Waals surface area contributed by atoms with Crippen LogP contribution in [0.25, 0.3) is 5.57 Å². The molecule has 0 aliphatic heterocycles. The second kappa shape index (κ2) is 4.25. The monoisotopic (exact) mass is 185 g/mol. The molecule has 1 unspecified atom stereocenters. The van der Waals surface area contributed by atoms with Gasteiger partial charge in [0, 0.05) is 6.04 Å². The molecular weight excluding hydrogens is 170 g/mol. The van der Waals surface area contributed by atoms with Crippen LogP contribution in [0.4, 0.5) is 0 Å². The molecule has 0 radical (unpaired) electrons. The smallest absolute Gasteiger partial charge is 0.0358 e. The zero-order chi connectivity index (χ0) is 9.80. The number of likely N-dealkylation sites (N-methyl/N-ethyl adjacent to an activating group) is 1. The molecule has 1 aliphatic rings. The first-order chi connectivity index (χ1) is 6.92. The van der Waals surface area contributed by atoms with Gasteiger partial charge in [-0.3, -0.25) is 0 Å². The fraction of sp³-hybridized carbons (Fsp3) is 0.231. The predicted octanol–water partition coefficient (Wildman–Crippen LogP) is 2.62. The van der Waals surface area contributed by atoms with Gasteiger partial charge in [0.1, 0.15) is 0 Å². The zero-order valence-corrected chi connectivity index (χ0v) is 8.40. The maximum absolute atomic E-state index is 3.33. The van der Waals surface area contributed by atoms with Crippen LogP contribution < -0.4 is 5.32 Å². The lowest BCUT2D eigenvalue weighted by molar-refractivity contribution is 0.688. The summed E-state index contributed by atoms with van der Waals surface area (Å²) in [6, 6.07) is 11.0. The quantitative estimate of drug-likeness (QED) is 0.746. The molecule has 1 aliphatic carbocycles. The van der Waals surface area contributed by atoms with Crippen molar-refractivity contribution in [2.75, 3.05) is 7.05 Å². The zero-order valence-electron chi connectivity index (χ0n) is 8.40. The molecule has 1 N–H and O–H groups in total. The summed E-state index contributed by atoms with van der Waals surface area (Å²) in [5.74, 6) is 0. The number of hydrogen-bond donors (Lipinski definition) is 1. The van der Waals surface area contributed by atoms with E-state index in [1.807, 2.05) is 7.05 Å². The fourth-order valence-corrected chi connectivity index (χ4v) is 1.83. The second-order valence-corrected chi connectivity index (χ2v) is 3.49. The highest BCUT2D eigenvalue weighted by atomic mass is 14.9. The molecule has 0 fully saturated rings. The van der Waals surface area contributed by atoms with Crippen LogP contribution in [0.2, 0.25) is 0 Å². The molecule has 0 saturated heterocycles. The number of nitrogens with one attached hydrogen (secondary N) is 1. The molecule has 1 aromatic rings. The lowest BCUT2D eigenvalue weighted by Gasteiger charge is -2.21. The van der Waals surface area contributed by atoms with Crippen molar-refractivity contribution in [3.8, 4) is 0 Å². The molecule has 0 bridgehead atoms. The Balaban J connectivity index is 2.32. The SMILES string of the molecule is CNC1CC=CC=C1c1ccccc1. The molecular formula is C13H15N. The minimum atomic E-state index is 0.461. The minimum absolute atomic E-state index is 0.461. The van der Waals surface area contributed by atoms with Gasteiger partial charge in [-0.25, -0.2) is 0 Å². The molecule has 14 heavy (non-hydrogen) atoms. The lowest BCUT2D eigenvalue weighted by atomic mass is 9.93. The van der Waals surface area contributed by atoms with E-state index < -0.39 is 0 Å². The van der Waals surface area contributed by atoms with Gasteiger partial charge in [-0.15, -0.1) is 0 Å². The van der Waals surface area contributed by atoms with Crippen LogP contribution in [0.15, 0.2) is 48.6 Å². The Hall–Kier alpha value is -1.34. The van der Waals surface area contributed by atoms with Crippen LogP contribution in [-0.4, -0.2) is 13.1 Å². The van der Waals surface area contributed by atoms with E-state index >= 15 is 0 Å². The average molecular weight is 185 g/mol. The first-order valence-electron chi connectivity index (χ1n) is 5.01. The Morgan fingerprint density at radius 2 is 2.00 bits per heavy atom. The number of allylic oxidation sites excluding steroid dienone is 2. The minimum Gasteiger partial charge on any atom is -0.313 e. The number of benzene rings is 1. The summed E-state index contributed by atoms with van der Waals surface area (Å²) in [7, 11) is 2.01. The predicted molar refractivity (Wildman–Crippen MR) is 61.0 cm³/mol. The Morgan fingerprint density at radius 1 is 1.21 bits per heavy atom. The van der Waals surface area contributed by atoms with Crippen LogP contribution in [0.3, 0.4) is 0 Å². The normalized spacial score (nSPS) is 20.6. The maximum Gasteiger partial charge on any atom is 0.0358 e. The van der Waals surface area contributed by atoms with Crippen molar-refractivity contribution >= 4 is 5.57 Å². The van der Waals surface area contributed by atoms with E-state index in [1.165, 1.54) is 11.1 Å². The van der Waals surface area contributed by atoms with Gasteiger partial charge in [0.2, 0.25) is 0 Å². The topological polar surface area (TPSA) is 12.0 Å². The number of hydrogen-bond acceptors (Lipinski definition) is 1. The largest absolute Gasteiger partial charge is 0.313 e. The highest BCUT2D eigenvalue weighted by molar-refractivity contribution is 5.72. The van der Waals surface area contributed by atoms with E-state index in [9.17, 15) is 0 Å². The van der Waals surface area contributed by atoms with Crippen LogP contribution in [-0.2, 0) is 0 Å². The van der Waals surface area contributed by atoms with Crippen LogP contribution in [0.1, 0.15) is 12.0 Å². The molecule has 72 valence electrons. The second-order valence-electron chi connectivity index (χ2n) is 3.49. The highest BCUT2D eigenvalue weighted by Crippen LogP contribution is 2.23. The summed E-state index contributed by atoms with van der Waals surface area (Å²) in [4.78, 5) is 0. The molecule has 0 heterocycles. The van der Waals surface area contributed by atoms with Crippen LogP contribution >= 0.6 is 0 Å². The van der Waals surface area contributed by atoms with E-state index in [0.29, 0.717) is 6.04 Å². The molecule has 0 aromatic heterocycles. The molecule has 0 spiro atoms. The standard InChI is InChI=1S/C13H15N/c1-14-13-10-6-5-9-12(13)11-7-3-2-4-8-11/h2-9,13-14H,10H2,1H3. The third-order valence-corrected chi connectivity index (χ3v) is 2.61. The Bertz CT molecular complexity index is 349. The van der Waals surface area contributed by atoms with E-state index in [-0.39, 0.29) is 0 Å². The van der Waals surface area contributed by atoms with E-state index in [2.05, 4.69) is 53.9 Å². The van der Waals surface area contributed by atoms with Crippen molar-refractivity contribution in [1.29, 1.82) is 0 Å². The van der Waals surface area contributed by atoms with Crippen molar-refractivity contribution in [2.45, 2.75) is 12.5 Å². The third kappa shape index (κ3) is 1.78. The van der Waals surface area contributed by atoms with Crippen molar-refractivity contribution < 1.29 is 0 Å². The summed E-state index contributed by atoms with van der Waals surface area (Å²) < 4.78 is 0. The van der Waals surface area contributed by atoms with Crippen LogP contribution in [0, 0.1) is 0 Å². The molecule has 1 heteroatoms. The van der Waals surface area contributed by atoms with Gasteiger partial charge in [-0.1, -0.05) is 48.6 Å². The third-order valence-electron chi connectivity index (χ3n) is 2.61. The van der Waals surface area contributed by atoms with E-state index in [1.54, 1.807) is 0 Å². The molecule has 1 atom stereocenters. The maximum atomic E-state index is 3.33. The molecule has 0 amide bonds. The first-order valence-corrected chi connectivity index (χ1v) is 5.01. The van der Waals surface area contributed by atoms with E-state index in [0.717, 1.165) is 6.42 Å². The Kier molecular flexibility index (Phi) is 2.80. The van der Waals surface area contributed by atoms with Gasteiger partial charge in [-0.2, -0.15) is 0 Å². The lowest BCUT2D eigenvalue weighted by Crippen LogP contribution is -2.26. The van der Waals surface area contributed by atoms with Crippen molar-refractivity contribution in [2.24, 2.45) is 0 Å². The summed E-state index contributed by atoms with van der Waals surface area (Å²) >= 11 is 0. The average Bonchev–Trinajstić information content (AvgIpc) is 2.30. The summed E-state index contributed by atoms with van der Waals surface area (Å²) in [6.45, 7) is 0. The summed E-state index contributed by atoms with van der Waals surface area (Å²) in [5, 5.41) is 3.33. The Morgan fingerprint density at radius 3 is 2.71 bits per heavy atom. The van der Waals surface area contributed by atoms with Gasteiger partial charge in [-0.05, 0) is 24.6 Å². The first kappa shape index (κ1) is 9.22. The highest BCUT2D eigenvalue weighted by Gasteiger charge is 2.13. The summed E-state index contributed by atoms with van der Waals surface area (Å²) in [5.41, 5.74) is 2.70. The Labute approximate surface area is 85.2 Å². The number of rotatable bonds is 2. The molecule has 1 nitrogen and oxygen atoms in total. The van der Waals surface area contributed by atoms with Gasteiger partial charge >= 0.3 is 0 Å². The van der Waals surface area contributed by atoms with Crippen molar-refractivity contribution in [3.63, 3.8) is 0 Å². The fourth-order valence-electron chi connectivity index (χ4n) is 1.83.